The molecular weight excluding hydrogens is 362 g/mol. The van der Waals surface area contributed by atoms with Gasteiger partial charge in [-0.25, -0.2) is 9.97 Å². The van der Waals surface area contributed by atoms with E-state index >= 15 is 0 Å². The van der Waals surface area contributed by atoms with Crippen LogP contribution in [0.2, 0.25) is 0 Å². The van der Waals surface area contributed by atoms with Gasteiger partial charge in [0.2, 0.25) is 0 Å². The van der Waals surface area contributed by atoms with Gasteiger partial charge < -0.3 is 5.73 Å². The van der Waals surface area contributed by atoms with E-state index in [0.717, 1.165) is 43.7 Å². The molecule has 0 atom stereocenters. The standard InChI is InChI=1S/C19H15N5S2/c1-10-5-15(24(2)23-10)12-7-21-19(20)17-13(8-25-18(12)17)11-3-4-16-14(6-11)22-9-26-16/h3-9H,1-2H3,(H2,20,21). The van der Waals surface area contributed by atoms with Gasteiger partial charge in [0, 0.05) is 34.5 Å². The zero-order valence-corrected chi connectivity index (χ0v) is 15.9. The highest BCUT2D eigenvalue weighted by atomic mass is 32.1. The average Bonchev–Trinajstić information content (AvgIpc) is 3.33. The van der Waals surface area contributed by atoms with Crippen LogP contribution in [0.4, 0.5) is 5.82 Å². The molecule has 5 rings (SSSR count). The first kappa shape index (κ1) is 15.5. The van der Waals surface area contributed by atoms with Crippen LogP contribution in [0.3, 0.4) is 0 Å². The molecule has 4 heterocycles. The molecule has 0 aliphatic heterocycles. The molecule has 7 heteroatoms. The van der Waals surface area contributed by atoms with Crippen LogP contribution in [0.1, 0.15) is 5.69 Å². The molecule has 5 aromatic rings. The number of hydrogen-bond donors (Lipinski definition) is 1. The van der Waals surface area contributed by atoms with E-state index in [1.807, 2.05) is 30.4 Å². The minimum absolute atomic E-state index is 0.553. The molecule has 128 valence electrons. The lowest BCUT2D eigenvalue weighted by molar-refractivity contribution is 0.764. The number of aryl methyl sites for hydroxylation is 2. The maximum atomic E-state index is 6.28. The Morgan fingerprint density at radius 1 is 1.08 bits per heavy atom. The van der Waals surface area contributed by atoms with E-state index in [0.29, 0.717) is 5.82 Å². The lowest BCUT2D eigenvalue weighted by atomic mass is 10.0. The Morgan fingerprint density at radius 2 is 1.96 bits per heavy atom. The number of fused-ring (bicyclic) bond motifs is 2. The van der Waals surface area contributed by atoms with Crippen molar-refractivity contribution in [1.29, 1.82) is 0 Å². The van der Waals surface area contributed by atoms with Crippen molar-refractivity contribution in [1.82, 2.24) is 19.7 Å². The van der Waals surface area contributed by atoms with Crippen LogP contribution in [-0.2, 0) is 7.05 Å². The Hall–Kier alpha value is -2.77. The molecule has 0 fully saturated rings. The SMILES string of the molecule is Cc1cc(-c2cnc(N)c3c(-c4ccc5scnc5c4)csc23)n(C)n1. The van der Waals surface area contributed by atoms with E-state index in [4.69, 9.17) is 5.73 Å². The zero-order chi connectivity index (χ0) is 17.8. The number of thiophene rings is 1. The average molecular weight is 377 g/mol. The minimum atomic E-state index is 0.553. The molecule has 2 N–H and O–H groups in total. The lowest BCUT2D eigenvalue weighted by Crippen LogP contribution is -1.97. The molecule has 1 aromatic carbocycles. The number of hydrogen-bond acceptors (Lipinski definition) is 6. The molecule has 0 saturated carbocycles. The minimum Gasteiger partial charge on any atom is -0.383 e. The van der Waals surface area contributed by atoms with E-state index in [9.17, 15) is 0 Å². The van der Waals surface area contributed by atoms with Crippen molar-refractivity contribution in [3.05, 3.63) is 47.0 Å². The number of nitrogens with zero attached hydrogens (tertiary/aromatic N) is 4. The van der Waals surface area contributed by atoms with Gasteiger partial charge in [-0.15, -0.1) is 22.7 Å². The molecule has 0 amide bonds. The van der Waals surface area contributed by atoms with Gasteiger partial charge in [-0.1, -0.05) is 6.07 Å². The van der Waals surface area contributed by atoms with Gasteiger partial charge in [0.1, 0.15) is 5.82 Å². The summed E-state index contributed by atoms with van der Waals surface area (Å²) in [6.45, 7) is 1.99. The molecule has 0 aliphatic carbocycles. The summed E-state index contributed by atoms with van der Waals surface area (Å²) in [5, 5.41) is 7.62. The van der Waals surface area contributed by atoms with Gasteiger partial charge in [-0.3, -0.25) is 4.68 Å². The van der Waals surface area contributed by atoms with Crippen LogP contribution in [0.15, 0.2) is 41.4 Å². The highest BCUT2D eigenvalue weighted by molar-refractivity contribution is 7.18. The summed E-state index contributed by atoms with van der Waals surface area (Å²) in [6.07, 6.45) is 1.85. The predicted octanol–water partition coefficient (Wildman–Crippen LogP) is 4.86. The van der Waals surface area contributed by atoms with Crippen LogP contribution >= 0.6 is 22.7 Å². The number of nitrogen functional groups attached to an aromatic ring is 1. The maximum absolute atomic E-state index is 6.28. The summed E-state index contributed by atoms with van der Waals surface area (Å²) in [5.74, 6) is 0.553. The molecule has 0 aliphatic rings. The van der Waals surface area contributed by atoms with E-state index in [1.54, 1.807) is 22.7 Å². The highest BCUT2D eigenvalue weighted by Gasteiger charge is 2.17. The van der Waals surface area contributed by atoms with Gasteiger partial charge in [-0.2, -0.15) is 5.10 Å². The van der Waals surface area contributed by atoms with Crippen molar-refractivity contribution in [3.8, 4) is 22.4 Å². The van der Waals surface area contributed by atoms with Crippen LogP contribution in [0, 0.1) is 6.92 Å². The van der Waals surface area contributed by atoms with Gasteiger partial charge in [0.15, 0.2) is 0 Å². The third-order valence-electron chi connectivity index (χ3n) is 4.54. The summed E-state index contributed by atoms with van der Waals surface area (Å²) in [7, 11) is 1.95. The summed E-state index contributed by atoms with van der Waals surface area (Å²) >= 11 is 3.34. The third-order valence-corrected chi connectivity index (χ3v) is 6.37. The normalized spacial score (nSPS) is 11.6. The van der Waals surface area contributed by atoms with Crippen LogP contribution in [0.5, 0.6) is 0 Å². The molecular formula is C19H15N5S2. The molecule has 0 unspecified atom stereocenters. The summed E-state index contributed by atoms with van der Waals surface area (Å²) in [6, 6.07) is 8.44. The summed E-state index contributed by atoms with van der Waals surface area (Å²) in [5.41, 5.74) is 14.5. The lowest BCUT2D eigenvalue weighted by Gasteiger charge is -2.07. The molecule has 0 spiro atoms. The van der Waals surface area contributed by atoms with Crippen molar-refractivity contribution >= 4 is 48.8 Å². The second-order valence-electron chi connectivity index (χ2n) is 6.24. The van der Waals surface area contributed by atoms with Crippen molar-refractivity contribution in [2.75, 3.05) is 5.73 Å². The number of anilines is 1. The second kappa shape index (κ2) is 5.62. The fourth-order valence-corrected chi connectivity index (χ4v) is 5.12. The summed E-state index contributed by atoms with van der Waals surface area (Å²) < 4.78 is 4.21. The topological polar surface area (TPSA) is 69.6 Å². The fraction of sp³-hybridized carbons (Fsp3) is 0.105. The number of pyridine rings is 1. The largest absolute Gasteiger partial charge is 0.383 e. The quantitative estimate of drug-likeness (QED) is 0.477. The molecule has 0 bridgehead atoms. The fourth-order valence-electron chi connectivity index (χ4n) is 3.35. The van der Waals surface area contributed by atoms with Crippen LogP contribution in [0.25, 0.3) is 42.7 Å². The van der Waals surface area contributed by atoms with E-state index in [-0.39, 0.29) is 0 Å². The van der Waals surface area contributed by atoms with Gasteiger partial charge in [0.25, 0.3) is 0 Å². The Balaban J connectivity index is 1.78. The summed E-state index contributed by atoms with van der Waals surface area (Å²) in [4.78, 5) is 8.91. The number of rotatable bonds is 2. The highest BCUT2D eigenvalue weighted by Crippen LogP contribution is 2.42. The number of nitrogens with two attached hydrogens (primary N) is 1. The first-order valence-electron chi connectivity index (χ1n) is 8.12. The monoisotopic (exact) mass is 377 g/mol. The van der Waals surface area contributed by atoms with Gasteiger partial charge >= 0.3 is 0 Å². The number of thiazole rings is 1. The smallest absolute Gasteiger partial charge is 0.132 e. The van der Waals surface area contributed by atoms with Crippen LogP contribution in [-0.4, -0.2) is 19.7 Å². The molecule has 0 saturated heterocycles. The van der Waals surface area contributed by atoms with E-state index in [2.05, 4.69) is 44.7 Å². The third kappa shape index (κ3) is 2.24. The van der Waals surface area contributed by atoms with Crippen molar-refractivity contribution in [2.45, 2.75) is 6.92 Å². The molecule has 0 radical (unpaired) electrons. The first-order chi connectivity index (χ1) is 12.6. The molecule has 5 nitrogen and oxygen atoms in total. The Bertz CT molecular complexity index is 1280. The van der Waals surface area contributed by atoms with E-state index in [1.165, 1.54) is 4.70 Å². The second-order valence-corrected chi connectivity index (χ2v) is 8.01. The van der Waals surface area contributed by atoms with Gasteiger partial charge in [-0.05, 0) is 36.1 Å². The number of aromatic nitrogens is 4. The maximum Gasteiger partial charge on any atom is 0.132 e. The zero-order valence-electron chi connectivity index (χ0n) is 14.2. The van der Waals surface area contributed by atoms with Crippen molar-refractivity contribution < 1.29 is 0 Å². The predicted molar refractivity (Wildman–Crippen MR) is 110 cm³/mol. The number of benzene rings is 1. The van der Waals surface area contributed by atoms with Crippen molar-refractivity contribution in [2.24, 2.45) is 7.05 Å². The van der Waals surface area contributed by atoms with E-state index < -0.39 is 0 Å². The Morgan fingerprint density at radius 3 is 2.77 bits per heavy atom. The molecule has 26 heavy (non-hydrogen) atoms. The molecule has 4 aromatic heterocycles. The Kier molecular flexibility index (Phi) is 3.35. The Labute approximate surface area is 157 Å². The van der Waals surface area contributed by atoms with Gasteiger partial charge in [0.05, 0.1) is 27.1 Å². The first-order valence-corrected chi connectivity index (χ1v) is 9.88. The van der Waals surface area contributed by atoms with Crippen molar-refractivity contribution in [3.63, 3.8) is 0 Å². The van der Waals surface area contributed by atoms with Crippen LogP contribution < -0.4 is 5.73 Å².